The highest BCUT2D eigenvalue weighted by atomic mass is 32.1. The van der Waals surface area contributed by atoms with Crippen LogP contribution < -0.4 is 0 Å². The first-order chi connectivity index (χ1) is 49.9. The third kappa shape index (κ3) is 7.43. The van der Waals surface area contributed by atoms with Gasteiger partial charge >= 0.3 is 0 Å². The molecule has 0 spiro atoms. The summed E-state index contributed by atoms with van der Waals surface area (Å²) in [5.41, 5.74) is 2.43. The Morgan fingerprint density at radius 2 is 0.786 bits per heavy atom. The molecule has 0 radical (unpaired) electrons. The van der Waals surface area contributed by atoms with Gasteiger partial charge in [-0.05, 0) is 82.4 Å². The second-order valence-corrected chi connectivity index (χ2v) is 21.9. The lowest BCUT2D eigenvalue weighted by atomic mass is 9.93. The van der Waals surface area contributed by atoms with Crippen LogP contribution in [0, 0.1) is 11.3 Å². The van der Waals surface area contributed by atoms with Gasteiger partial charge in [0.2, 0.25) is 0 Å². The number of benzene rings is 12. The zero-order valence-corrected chi connectivity index (χ0v) is 45.0. The van der Waals surface area contributed by atoms with Crippen molar-refractivity contribution in [3.05, 3.63) is 272 Å². The molecule has 0 unspecified atom stereocenters. The Hall–Kier alpha value is -10.8. The summed E-state index contributed by atoms with van der Waals surface area (Å²) in [6.45, 7) is 0. The van der Waals surface area contributed by atoms with Crippen molar-refractivity contribution < 1.29 is 27.4 Å². The van der Waals surface area contributed by atoms with Crippen LogP contribution in [0.15, 0.2) is 266 Å². The van der Waals surface area contributed by atoms with E-state index in [-0.39, 0.29) is 45.0 Å². The van der Waals surface area contributed by atoms with E-state index in [4.69, 9.17) is 26.4 Å². The molecule has 6 nitrogen and oxygen atoms in total. The Morgan fingerprint density at radius 1 is 0.357 bits per heavy atom. The molecule has 8 heteroatoms. The average Bonchev–Trinajstić information content (AvgIpc) is 1.51. The smallest absolute Gasteiger partial charge is 0.166 e. The molecule has 0 N–H and O–H groups in total. The standard InChI is InChI=1S/C76H44N6S2/c77-45-53-44-60(76-79-74(49-26-12-4-13-27-49)78-75(80-76)50-28-14-5-15-29-50)71(82-62-39-35-52(47-22-8-2-9-23-47)43-59(62)69-64(82)41-37-57-55-31-17-19-33-66(55)84-73(57)69)67(48-24-10-3-11-25-48)70(53)81-61-38-34-51(46-20-6-1-7-21-46)42-58(61)68-63(81)40-36-56-54-30-16-18-32-65(54)83-72(56)68/h1-44H/i1D,2D,4D,5D,6D,7D,8D,9D,12D,13D,14D,15D,20D,21D,22D,23D,26D,27D,28D,29D. The van der Waals surface area contributed by atoms with Crippen molar-refractivity contribution in [2.45, 2.75) is 0 Å². The van der Waals surface area contributed by atoms with Crippen molar-refractivity contribution in [1.82, 2.24) is 24.1 Å². The van der Waals surface area contributed by atoms with Gasteiger partial charge in [-0.3, -0.25) is 0 Å². The topological polar surface area (TPSA) is 72.3 Å². The molecule has 0 fully saturated rings. The largest absolute Gasteiger partial charge is 0.308 e. The van der Waals surface area contributed by atoms with Crippen molar-refractivity contribution in [2.75, 3.05) is 0 Å². The molecule has 17 aromatic rings. The summed E-state index contributed by atoms with van der Waals surface area (Å²) >= 11 is 3.01. The summed E-state index contributed by atoms with van der Waals surface area (Å²) < 4.78 is 187. The predicted octanol–water partition coefficient (Wildman–Crippen LogP) is 20.7. The molecule has 0 aliphatic rings. The summed E-state index contributed by atoms with van der Waals surface area (Å²) in [5.74, 6) is -1.54. The lowest BCUT2D eigenvalue weighted by Gasteiger charge is -2.24. The molecule has 0 bridgehead atoms. The predicted molar refractivity (Wildman–Crippen MR) is 352 cm³/mol. The van der Waals surface area contributed by atoms with E-state index in [0.717, 1.165) is 40.3 Å². The van der Waals surface area contributed by atoms with Crippen LogP contribution in [0.5, 0.6) is 0 Å². The lowest BCUT2D eigenvalue weighted by Crippen LogP contribution is -2.10. The molecule has 12 aromatic carbocycles. The number of rotatable bonds is 8. The summed E-state index contributed by atoms with van der Waals surface area (Å²) in [7, 11) is 0. The maximum atomic E-state index is 12.4. The second kappa shape index (κ2) is 19.2. The Balaban J connectivity index is 1.11. The third-order valence-electron chi connectivity index (χ3n) is 15.3. The lowest BCUT2D eigenvalue weighted by molar-refractivity contribution is 1.06. The van der Waals surface area contributed by atoms with Gasteiger partial charge in [-0.2, -0.15) is 5.26 Å². The minimum absolute atomic E-state index is 0.0187. The van der Waals surface area contributed by atoms with Crippen LogP contribution in [0.2, 0.25) is 0 Å². The Labute approximate surface area is 518 Å². The van der Waals surface area contributed by atoms with Gasteiger partial charge in [0.1, 0.15) is 6.07 Å². The van der Waals surface area contributed by atoms with E-state index in [1.807, 2.05) is 94.1 Å². The highest BCUT2D eigenvalue weighted by molar-refractivity contribution is 7.27. The fourth-order valence-electron chi connectivity index (χ4n) is 11.9. The minimum atomic E-state index is -0.768. The summed E-state index contributed by atoms with van der Waals surface area (Å²) in [4.78, 5) is 14.8. The second-order valence-electron chi connectivity index (χ2n) is 19.8. The van der Waals surface area contributed by atoms with Gasteiger partial charge in [-0.25, -0.2) is 15.0 Å². The van der Waals surface area contributed by atoms with Crippen LogP contribution in [0.25, 0.3) is 163 Å². The van der Waals surface area contributed by atoms with Crippen molar-refractivity contribution in [1.29, 1.82) is 5.26 Å². The van der Waals surface area contributed by atoms with E-state index < -0.39 is 144 Å². The molecular formula is C76H44N6S2. The first kappa shape index (κ1) is 32.0. The van der Waals surface area contributed by atoms with Crippen molar-refractivity contribution >= 4 is 107 Å². The van der Waals surface area contributed by atoms with Gasteiger partial charge in [-0.15, -0.1) is 22.7 Å². The van der Waals surface area contributed by atoms with Crippen LogP contribution >= 0.6 is 22.7 Å². The molecule has 0 atom stereocenters. The zero-order valence-electron chi connectivity index (χ0n) is 63.4. The van der Waals surface area contributed by atoms with Crippen LogP contribution in [0.1, 0.15) is 33.0 Å². The van der Waals surface area contributed by atoms with E-state index >= 15 is 0 Å². The number of aromatic nitrogens is 5. The summed E-state index contributed by atoms with van der Waals surface area (Å²) in [5, 5.41) is 18.3. The molecule has 390 valence electrons. The van der Waals surface area contributed by atoms with Gasteiger partial charge in [0.15, 0.2) is 17.5 Å². The molecule has 0 aliphatic carbocycles. The van der Waals surface area contributed by atoms with E-state index in [1.54, 1.807) is 54.6 Å². The summed E-state index contributed by atoms with van der Waals surface area (Å²) in [6, 6.07) is 34.5. The van der Waals surface area contributed by atoms with Gasteiger partial charge in [0.25, 0.3) is 0 Å². The molecular weight excluding hydrogens is 1060 g/mol. The van der Waals surface area contributed by atoms with E-state index in [2.05, 4.69) is 11.1 Å². The van der Waals surface area contributed by atoms with Crippen molar-refractivity contribution in [2.24, 2.45) is 0 Å². The molecule has 5 aromatic heterocycles. The van der Waals surface area contributed by atoms with E-state index in [0.29, 0.717) is 60.3 Å². The fourth-order valence-corrected chi connectivity index (χ4v) is 14.4. The van der Waals surface area contributed by atoms with Crippen molar-refractivity contribution in [3.63, 3.8) is 0 Å². The third-order valence-corrected chi connectivity index (χ3v) is 17.8. The van der Waals surface area contributed by atoms with Gasteiger partial charge in [-0.1, -0.05) is 212 Å². The molecule has 17 rings (SSSR count). The molecule has 0 aliphatic heterocycles. The molecule has 0 amide bonds. The molecule has 0 saturated heterocycles. The Bertz CT molecular complexity index is 6630. The van der Waals surface area contributed by atoms with Gasteiger partial charge < -0.3 is 9.13 Å². The first-order valence-corrected chi connectivity index (χ1v) is 28.0. The van der Waals surface area contributed by atoms with E-state index in [1.165, 1.54) is 28.7 Å². The van der Waals surface area contributed by atoms with Gasteiger partial charge in [0, 0.05) is 84.1 Å². The van der Waals surface area contributed by atoms with E-state index in [9.17, 15) is 16.2 Å². The molecule has 0 saturated carbocycles. The van der Waals surface area contributed by atoms with Crippen LogP contribution in [-0.4, -0.2) is 24.1 Å². The maximum Gasteiger partial charge on any atom is 0.166 e. The first-order valence-electron chi connectivity index (χ1n) is 36.4. The zero-order chi connectivity index (χ0) is 72.8. The number of fused-ring (bicyclic) bond motifs is 14. The average molecular weight is 1130 g/mol. The summed E-state index contributed by atoms with van der Waals surface area (Å²) in [6.07, 6.45) is 0. The Kier molecular flexibility index (Phi) is 7.29. The molecule has 5 heterocycles. The Morgan fingerprint density at radius 3 is 1.27 bits per heavy atom. The monoisotopic (exact) mass is 1120 g/mol. The number of hydrogen-bond acceptors (Lipinski definition) is 6. The fraction of sp³-hybridized carbons (Fsp3) is 0. The van der Waals surface area contributed by atoms with Crippen molar-refractivity contribution in [3.8, 4) is 85.0 Å². The minimum Gasteiger partial charge on any atom is -0.308 e. The SMILES string of the molecule is [2H]c1c([2H])c([2H])c(-c2ccc3c(c2)c2c4sc5ccccc5c4ccc2n3-c2c(C#N)cc(-c3nc(-c4c([2H])c([2H])c([2H])c([2H])c4[2H])nc(-c4c([2H])c([2H])c([2H])c([2H])c4[2H])n3)c(-n3c4ccc(-c5c([2H])c([2H])c([2H])c([2H])c5[2H])cc4c4c5sc6ccccc6c5ccc43)c2-c2ccccc2)c([2H])c1[2H]. The van der Waals surface area contributed by atoms with Crippen LogP contribution in [0.3, 0.4) is 0 Å². The highest BCUT2D eigenvalue weighted by Gasteiger charge is 2.31. The maximum absolute atomic E-state index is 12.4. The number of hydrogen-bond donors (Lipinski definition) is 0. The van der Waals surface area contributed by atoms with Gasteiger partial charge in [0.05, 0.1) is 66.4 Å². The quantitative estimate of drug-likeness (QED) is 0.152. The molecule has 84 heavy (non-hydrogen) atoms. The number of nitrogens with zero attached hydrogens (tertiary/aromatic N) is 6. The normalized spacial score (nSPS) is 15.1. The van der Waals surface area contributed by atoms with Crippen LogP contribution in [0.4, 0.5) is 0 Å². The number of thiophene rings is 2. The number of nitriles is 1. The van der Waals surface area contributed by atoms with Crippen LogP contribution in [-0.2, 0) is 0 Å². The highest BCUT2D eigenvalue weighted by Crippen LogP contribution is 2.52.